The minimum Gasteiger partial charge on any atom is -0.493 e. The van der Waals surface area contributed by atoms with Gasteiger partial charge in [-0.05, 0) is 35.6 Å². The summed E-state index contributed by atoms with van der Waals surface area (Å²) in [5, 5.41) is 0.394. The Labute approximate surface area is 159 Å². The van der Waals surface area contributed by atoms with E-state index in [0.717, 1.165) is 6.42 Å². The van der Waals surface area contributed by atoms with Crippen LogP contribution in [0.15, 0.2) is 36.4 Å². The third-order valence-corrected chi connectivity index (χ3v) is 4.74. The Hall–Kier alpha value is -2.20. The second kappa shape index (κ2) is 8.00. The molecular formula is C21H24ClNO3. The van der Waals surface area contributed by atoms with Crippen molar-refractivity contribution < 1.29 is 14.3 Å². The molecule has 0 spiro atoms. The molecule has 3 rings (SSSR count). The highest BCUT2D eigenvalue weighted by Crippen LogP contribution is 2.37. The number of halogens is 1. The zero-order valence-electron chi connectivity index (χ0n) is 15.4. The maximum absolute atomic E-state index is 13.0. The standard InChI is InChI=1S/C21H24ClNO3/c1-14(2)13-26-20-18(22)10-17(11-19(20)25-3)21(24)23-9-8-15-6-4-5-7-16(15)12-23/h4-7,10-11,14H,8-9,12-13H2,1-3H3. The normalized spacial score (nSPS) is 13.5. The van der Waals surface area contributed by atoms with E-state index in [1.165, 1.54) is 11.1 Å². The molecule has 0 bridgehead atoms. The zero-order valence-corrected chi connectivity index (χ0v) is 16.2. The summed E-state index contributed by atoms with van der Waals surface area (Å²) in [7, 11) is 1.55. The molecule has 1 aliphatic heterocycles. The van der Waals surface area contributed by atoms with E-state index in [-0.39, 0.29) is 5.91 Å². The molecule has 4 nitrogen and oxygen atoms in total. The number of carbonyl (C=O) groups is 1. The Kier molecular flexibility index (Phi) is 5.72. The predicted molar refractivity (Wildman–Crippen MR) is 103 cm³/mol. The number of fused-ring (bicyclic) bond motifs is 1. The summed E-state index contributed by atoms with van der Waals surface area (Å²) in [4.78, 5) is 14.8. The number of nitrogens with zero attached hydrogens (tertiary/aromatic N) is 1. The molecule has 0 saturated heterocycles. The van der Waals surface area contributed by atoms with Crippen molar-refractivity contribution in [3.8, 4) is 11.5 Å². The topological polar surface area (TPSA) is 38.8 Å². The van der Waals surface area contributed by atoms with Crippen molar-refractivity contribution in [3.05, 3.63) is 58.1 Å². The zero-order chi connectivity index (χ0) is 18.7. The first-order valence-electron chi connectivity index (χ1n) is 8.86. The second-order valence-corrected chi connectivity index (χ2v) is 7.35. The van der Waals surface area contributed by atoms with Crippen molar-refractivity contribution in [2.75, 3.05) is 20.3 Å². The van der Waals surface area contributed by atoms with Gasteiger partial charge in [0.15, 0.2) is 11.5 Å². The van der Waals surface area contributed by atoms with Crippen molar-refractivity contribution in [2.24, 2.45) is 5.92 Å². The maximum Gasteiger partial charge on any atom is 0.254 e. The summed E-state index contributed by atoms with van der Waals surface area (Å²) >= 11 is 6.39. The highest BCUT2D eigenvalue weighted by Gasteiger charge is 2.24. The van der Waals surface area contributed by atoms with E-state index in [1.54, 1.807) is 19.2 Å². The molecular weight excluding hydrogens is 350 g/mol. The molecule has 1 amide bonds. The van der Waals surface area contributed by atoms with Gasteiger partial charge in [-0.15, -0.1) is 0 Å². The van der Waals surface area contributed by atoms with E-state index in [0.29, 0.717) is 47.7 Å². The molecule has 138 valence electrons. The van der Waals surface area contributed by atoms with Crippen molar-refractivity contribution >= 4 is 17.5 Å². The van der Waals surface area contributed by atoms with E-state index in [1.807, 2.05) is 17.0 Å². The first-order chi connectivity index (χ1) is 12.5. The Balaban J connectivity index is 1.83. The number of hydrogen-bond donors (Lipinski definition) is 0. The van der Waals surface area contributed by atoms with Crippen LogP contribution in [0.3, 0.4) is 0 Å². The van der Waals surface area contributed by atoms with Gasteiger partial charge in [-0.3, -0.25) is 4.79 Å². The number of methoxy groups -OCH3 is 1. The maximum atomic E-state index is 13.0. The fourth-order valence-electron chi connectivity index (χ4n) is 3.09. The van der Waals surface area contributed by atoms with Crippen molar-refractivity contribution in [3.63, 3.8) is 0 Å². The molecule has 0 saturated carbocycles. The molecule has 26 heavy (non-hydrogen) atoms. The smallest absolute Gasteiger partial charge is 0.254 e. The quantitative estimate of drug-likeness (QED) is 0.769. The molecule has 0 aliphatic carbocycles. The lowest BCUT2D eigenvalue weighted by Crippen LogP contribution is -2.35. The number of benzene rings is 2. The Morgan fingerprint density at radius 3 is 2.65 bits per heavy atom. The van der Waals surface area contributed by atoms with Gasteiger partial charge in [0.05, 0.1) is 18.7 Å². The molecule has 2 aromatic carbocycles. The van der Waals surface area contributed by atoms with Crippen LogP contribution in [0.25, 0.3) is 0 Å². The van der Waals surface area contributed by atoms with Gasteiger partial charge in [0, 0.05) is 18.7 Å². The monoisotopic (exact) mass is 373 g/mol. The number of carbonyl (C=O) groups excluding carboxylic acids is 1. The highest BCUT2D eigenvalue weighted by molar-refractivity contribution is 6.32. The van der Waals surface area contributed by atoms with Gasteiger partial charge < -0.3 is 14.4 Å². The molecule has 1 aliphatic rings. The minimum atomic E-state index is -0.0462. The van der Waals surface area contributed by atoms with Crippen LogP contribution in [0, 0.1) is 5.92 Å². The van der Waals surface area contributed by atoms with Crippen LogP contribution in [-0.4, -0.2) is 31.1 Å². The van der Waals surface area contributed by atoms with Gasteiger partial charge in [-0.1, -0.05) is 49.7 Å². The Bertz CT molecular complexity index is 804. The van der Waals surface area contributed by atoms with Crippen LogP contribution < -0.4 is 9.47 Å². The molecule has 0 unspecified atom stereocenters. The highest BCUT2D eigenvalue weighted by atomic mass is 35.5. The van der Waals surface area contributed by atoms with Crippen molar-refractivity contribution in [2.45, 2.75) is 26.8 Å². The number of amides is 1. The lowest BCUT2D eigenvalue weighted by molar-refractivity contribution is 0.0734. The summed E-state index contributed by atoms with van der Waals surface area (Å²) in [6.45, 7) is 5.97. The summed E-state index contributed by atoms with van der Waals surface area (Å²) in [6.07, 6.45) is 0.863. The first kappa shape index (κ1) is 18.6. The number of rotatable bonds is 5. The fourth-order valence-corrected chi connectivity index (χ4v) is 3.35. The van der Waals surface area contributed by atoms with Gasteiger partial charge in [0.2, 0.25) is 0 Å². The number of hydrogen-bond acceptors (Lipinski definition) is 3. The lowest BCUT2D eigenvalue weighted by atomic mass is 9.99. The molecule has 0 radical (unpaired) electrons. The Morgan fingerprint density at radius 1 is 1.23 bits per heavy atom. The molecule has 2 aromatic rings. The average molecular weight is 374 g/mol. The van der Waals surface area contributed by atoms with Crippen LogP contribution >= 0.6 is 11.6 Å². The first-order valence-corrected chi connectivity index (χ1v) is 9.23. The third-order valence-electron chi connectivity index (χ3n) is 4.46. The lowest BCUT2D eigenvalue weighted by Gasteiger charge is -2.29. The van der Waals surface area contributed by atoms with Crippen molar-refractivity contribution in [1.29, 1.82) is 0 Å². The number of ether oxygens (including phenoxy) is 2. The van der Waals surface area contributed by atoms with E-state index in [2.05, 4.69) is 26.0 Å². The molecule has 0 N–H and O–H groups in total. The van der Waals surface area contributed by atoms with Crippen LogP contribution in [0.4, 0.5) is 0 Å². The third kappa shape index (κ3) is 3.96. The predicted octanol–water partition coefficient (Wildman–Crippen LogP) is 4.58. The van der Waals surface area contributed by atoms with Gasteiger partial charge >= 0.3 is 0 Å². The summed E-state index contributed by atoms with van der Waals surface area (Å²) < 4.78 is 11.2. The molecule has 0 atom stereocenters. The van der Waals surface area contributed by atoms with E-state index < -0.39 is 0 Å². The van der Waals surface area contributed by atoms with Crippen molar-refractivity contribution in [1.82, 2.24) is 4.90 Å². The summed E-state index contributed by atoms with van der Waals surface area (Å²) in [6, 6.07) is 11.6. The van der Waals surface area contributed by atoms with Crippen LogP contribution in [0.1, 0.15) is 35.3 Å². The van der Waals surface area contributed by atoms with Gasteiger partial charge in [0.1, 0.15) is 0 Å². The van der Waals surface area contributed by atoms with Crippen LogP contribution in [0.2, 0.25) is 5.02 Å². The summed E-state index contributed by atoms with van der Waals surface area (Å²) in [5.41, 5.74) is 3.02. The summed E-state index contributed by atoms with van der Waals surface area (Å²) in [5.74, 6) is 1.29. The second-order valence-electron chi connectivity index (χ2n) is 6.94. The van der Waals surface area contributed by atoms with E-state index in [9.17, 15) is 4.79 Å². The van der Waals surface area contributed by atoms with Crippen LogP contribution in [0.5, 0.6) is 11.5 Å². The molecule has 0 aromatic heterocycles. The average Bonchev–Trinajstić information content (AvgIpc) is 2.65. The van der Waals surface area contributed by atoms with E-state index >= 15 is 0 Å². The SMILES string of the molecule is COc1cc(C(=O)N2CCc3ccccc3C2)cc(Cl)c1OCC(C)C. The van der Waals surface area contributed by atoms with Gasteiger partial charge in [0.25, 0.3) is 5.91 Å². The Morgan fingerprint density at radius 2 is 1.96 bits per heavy atom. The molecule has 1 heterocycles. The van der Waals surface area contributed by atoms with Gasteiger partial charge in [-0.25, -0.2) is 0 Å². The van der Waals surface area contributed by atoms with Crippen LogP contribution in [-0.2, 0) is 13.0 Å². The molecule has 5 heteroatoms. The minimum absolute atomic E-state index is 0.0462. The van der Waals surface area contributed by atoms with Gasteiger partial charge in [-0.2, -0.15) is 0 Å². The fraction of sp³-hybridized carbons (Fsp3) is 0.381. The molecule has 0 fully saturated rings. The largest absolute Gasteiger partial charge is 0.493 e. The van der Waals surface area contributed by atoms with E-state index in [4.69, 9.17) is 21.1 Å².